The van der Waals surface area contributed by atoms with E-state index >= 15 is 0 Å². The molecule has 1 heterocycles. The van der Waals surface area contributed by atoms with Crippen molar-refractivity contribution in [1.29, 1.82) is 0 Å². The predicted molar refractivity (Wildman–Crippen MR) is 79.2 cm³/mol. The number of rotatable bonds is 5. The van der Waals surface area contributed by atoms with Crippen molar-refractivity contribution in [2.45, 2.75) is 31.3 Å². The zero-order valence-corrected chi connectivity index (χ0v) is 12.5. The van der Waals surface area contributed by atoms with Crippen molar-refractivity contribution in [2.24, 2.45) is 0 Å². The SMILES string of the molecule is O=C(NCCNc1ncc(Cl)cc1Cl)C1(O)CCCC1. The second-order valence-corrected chi connectivity index (χ2v) is 5.75. The highest BCUT2D eigenvalue weighted by Crippen LogP contribution is 2.29. The monoisotopic (exact) mass is 317 g/mol. The van der Waals surface area contributed by atoms with E-state index in [9.17, 15) is 9.90 Å². The minimum Gasteiger partial charge on any atom is -0.380 e. The number of hydrogen-bond donors (Lipinski definition) is 3. The summed E-state index contributed by atoms with van der Waals surface area (Å²) >= 11 is 11.7. The molecule has 1 aromatic heterocycles. The molecule has 0 spiro atoms. The summed E-state index contributed by atoms with van der Waals surface area (Å²) in [4.78, 5) is 15.9. The maximum absolute atomic E-state index is 11.8. The Labute approximate surface area is 127 Å². The van der Waals surface area contributed by atoms with Gasteiger partial charge >= 0.3 is 0 Å². The number of aliphatic hydroxyl groups is 1. The first-order valence-electron chi connectivity index (χ1n) is 6.57. The first-order chi connectivity index (χ1) is 9.51. The zero-order chi connectivity index (χ0) is 14.6. The molecule has 20 heavy (non-hydrogen) atoms. The van der Waals surface area contributed by atoms with E-state index in [-0.39, 0.29) is 5.91 Å². The Morgan fingerprint density at radius 3 is 2.70 bits per heavy atom. The molecule has 0 unspecified atom stereocenters. The lowest BCUT2D eigenvalue weighted by atomic mass is 10.0. The standard InChI is InChI=1S/C13H17Cl2N3O2/c14-9-7-10(15)11(18-8-9)16-5-6-17-12(19)13(20)3-1-2-4-13/h7-8,20H,1-6H2,(H,16,18)(H,17,19). The summed E-state index contributed by atoms with van der Waals surface area (Å²) in [6.07, 6.45) is 4.36. The number of halogens is 2. The molecule has 3 N–H and O–H groups in total. The first kappa shape index (κ1) is 15.4. The van der Waals surface area contributed by atoms with Gasteiger partial charge in [0.1, 0.15) is 11.4 Å². The molecule has 2 rings (SSSR count). The van der Waals surface area contributed by atoms with E-state index in [0.717, 1.165) is 12.8 Å². The Morgan fingerprint density at radius 2 is 2.05 bits per heavy atom. The molecule has 110 valence electrons. The van der Waals surface area contributed by atoms with Gasteiger partial charge in [-0.05, 0) is 31.7 Å². The third kappa shape index (κ3) is 3.75. The van der Waals surface area contributed by atoms with E-state index in [4.69, 9.17) is 23.2 Å². The molecule has 0 bridgehead atoms. The number of carbonyl (C=O) groups excluding carboxylic acids is 1. The van der Waals surface area contributed by atoms with Crippen LogP contribution in [-0.4, -0.2) is 34.7 Å². The van der Waals surface area contributed by atoms with Crippen molar-refractivity contribution >= 4 is 34.9 Å². The lowest BCUT2D eigenvalue weighted by Gasteiger charge is -2.21. The Kier molecular flexibility index (Phi) is 5.07. The van der Waals surface area contributed by atoms with Crippen molar-refractivity contribution in [3.05, 3.63) is 22.3 Å². The van der Waals surface area contributed by atoms with Crippen molar-refractivity contribution in [2.75, 3.05) is 18.4 Å². The molecule has 1 aliphatic carbocycles. The van der Waals surface area contributed by atoms with Gasteiger partial charge in [-0.1, -0.05) is 23.2 Å². The summed E-state index contributed by atoms with van der Waals surface area (Å²) in [6.45, 7) is 0.859. The van der Waals surface area contributed by atoms with Crippen molar-refractivity contribution < 1.29 is 9.90 Å². The van der Waals surface area contributed by atoms with Crippen molar-refractivity contribution in [3.8, 4) is 0 Å². The van der Waals surface area contributed by atoms with Gasteiger partial charge in [-0.3, -0.25) is 4.79 Å². The zero-order valence-electron chi connectivity index (χ0n) is 11.0. The second kappa shape index (κ2) is 6.61. The Bertz CT molecular complexity index is 491. The van der Waals surface area contributed by atoms with E-state index in [1.54, 1.807) is 6.07 Å². The van der Waals surface area contributed by atoms with Crippen LogP contribution in [0.3, 0.4) is 0 Å². The number of nitrogens with zero attached hydrogens (tertiary/aromatic N) is 1. The number of carbonyl (C=O) groups is 1. The number of anilines is 1. The number of pyridine rings is 1. The predicted octanol–water partition coefficient (Wildman–Crippen LogP) is 2.22. The van der Waals surface area contributed by atoms with Gasteiger partial charge in [0, 0.05) is 19.3 Å². The minimum absolute atomic E-state index is 0.299. The smallest absolute Gasteiger partial charge is 0.252 e. The van der Waals surface area contributed by atoms with E-state index in [0.29, 0.717) is 41.8 Å². The molecule has 1 aliphatic rings. The lowest BCUT2D eigenvalue weighted by molar-refractivity contribution is -0.139. The molecule has 1 aromatic rings. The van der Waals surface area contributed by atoms with Crippen LogP contribution in [0.5, 0.6) is 0 Å². The van der Waals surface area contributed by atoms with Crippen LogP contribution in [0.4, 0.5) is 5.82 Å². The van der Waals surface area contributed by atoms with Crippen LogP contribution < -0.4 is 10.6 Å². The largest absolute Gasteiger partial charge is 0.380 e. The molecule has 5 nitrogen and oxygen atoms in total. The van der Waals surface area contributed by atoms with E-state index in [1.807, 2.05) is 0 Å². The van der Waals surface area contributed by atoms with Crippen LogP contribution in [0.2, 0.25) is 10.0 Å². The number of nitrogens with one attached hydrogen (secondary N) is 2. The summed E-state index contributed by atoms with van der Waals surface area (Å²) in [5, 5.41) is 16.7. The van der Waals surface area contributed by atoms with Crippen molar-refractivity contribution in [3.63, 3.8) is 0 Å². The normalized spacial score (nSPS) is 16.9. The van der Waals surface area contributed by atoms with Crippen LogP contribution >= 0.6 is 23.2 Å². The van der Waals surface area contributed by atoms with Gasteiger partial charge in [0.05, 0.1) is 10.0 Å². The molecule has 1 saturated carbocycles. The third-order valence-corrected chi connectivity index (χ3v) is 3.86. The summed E-state index contributed by atoms with van der Waals surface area (Å²) in [5.74, 6) is 0.219. The van der Waals surface area contributed by atoms with Crippen LogP contribution in [0.25, 0.3) is 0 Å². The number of aromatic nitrogens is 1. The van der Waals surface area contributed by atoms with E-state index in [2.05, 4.69) is 15.6 Å². The molecule has 7 heteroatoms. The fraction of sp³-hybridized carbons (Fsp3) is 0.538. The number of hydrogen-bond acceptors (Lipinski definition) is 4. The fourth-order valence-corrected chi connectivity index (χ4v) is 2.70. The van der Waals surface area contributed by atoms with Crippen LogP contribution in [0.15, 0.2) is 12.3 Å². The lowest BCUT2D eigenvalue weighted by Crippen LogP contribution is -2.46. The van der Waals surface area contributed by atoms with Gasteiger partial charge in [-0.25, -0.2) is 4.98 Å². The number of amides is 1. The molecule has 0 atom stereocenters. The Hall–Kier alpha value is -1.04. The van der Waals surface area contributed by atoms with Crippen LogP contribution in [0.1, 0.15) is 25.7 Å². The van der Waals surface area contributed by atoms with E-state index < -0.39 is 5.60 Å². The Morgan fingerprint density at radius 1 is 1.35 bits per heavy atom. The average molecular weight is 318 g/mol. The Balaban J connectivity index is 1.75. The van der Waals surface area contributed by atoms with Crippen molar-refractivity contribution in [1.82, 2.24) is 10.3 Å². The summed E-state index contributed by atoms with van der Waals surface area (Å²) in [7, 11) is 0. The quantitative estimate of drug-likeness (QED) is 0.728. The highest BCUT2D eigenvalue weighted by molar-refractivity contribution is 6.35. The van der Waals surface area contributed by atoms with Gasteiger partial charge in [0.2, 0.25) is 0 Å². The second-order valence-electron chi connectivity index (χ2n) is 4.91. The van der Waals surface area contributed by atoms with Gasteiger partial charge < -0.3 is 15.7 Å². The molecule has 0 aromatic carbocycles. The molecule has 0 saturated heterocycles. The molecular formula is C13H17Cl2N3O2. The maximum atomic E-state index is 11.8. The molecule has 0 aliphatic heterocycles. The molecular weight excluding hydrogens is 301 g/mol. The summed E-state index contributed by atoms with van der Waals surface area (Å²) in [6, 6.07) is 1.60. The van der Waals surface area contributed by atoms with Gasteiger partial charge in [-0.2, -0.15) is 0 Å². The van der Waals surface area contributed by atoms with Crippen LogP contribution in [0, 0.1) is 0 Å². The fourth-order valence-electron chi connectivity index (χ4n) is 2.25. The summed E-state index contributed by atoms with van der Waals surface area (Å²) < 4.78 is 0. The molecule has 0 radical (unpaired) electrons. The molecule has 1 amide bonds. The van der Waals surface area contributed by atoms with Gasteiger partial charge in [0.15, 0.2) is 0 Å². The summed E-state index contributed by atoms with van der Waals surface area (Å²) in [5.41, 5.74) is -1.18. The first-order valence-corrected chi connectivity index (χ1v) is 7.32. The van der Waals surface area contributed by atoms with Gasteiger partial charge in [0.25, 0.3) is 5.91 Å². The van der Waals surface area contributed by atoms with E-state index in [1.165, 1.54) is 6.20 Å². The minimum atomic E-state index is -1.18. The topological polar surface area (TPSA) is 74.2 Å². The third-order valence-electron chi connectivity index (χ3n) is 3.36. The van der Waals surface area contributed by atoms with Crippen LogP contribution in [-0.2, 0) is 4.79 Å². The highest BCUT2D eigenvalue weighted by atomic mass is 35.5. The molecule has 1 fully saturated rings. The van der Waals surface area contributed by atoms with Gasteiger partial charge in [-0.15, -0.1) is 0 Å². The maximum Gasteiger partial charge on any atom is 0.252 e. The average Bonchev–Trinajstić information content (AvgIpc) is 2.85. The highest BCUT2D eigenvalue weighted by Gasteiger charge is 2.38.